The zero-order valence-electron chi connectivity index (χ0n) is 13.8. The van der Waals surface area contributed by atoms with Gasteiger partial charge in [-0.1, -0.05) is 17.7 Å². The van der Waals surface area contributed by atoms with Crippen LogP contribution in [-0.2, 0) is 13.0 Å². The van der Waals surface area contributed by atoms with Gasteiger partial charge in [0.2, 0.25) is 0 Å². The maximum absolute atomic E-state index is 13.3. The summed E-state index contributed by atoms with van der Waals surface area (Å²) in [4.78, 5) is 32.0. The second-order valence-corrected chi connectivity index (χ2v) is 6.38. The molecule has 128 valence electrons. The molecule has 0 bridgehead atoms. The van der Waals surface area contributed by atoms with E-state index >= 15 is 0 Å². The van der Waals surface area contributed by atoms with Crippen molar-refractivity contribution in [1.29, 1.82) is 0 Å². The topological polar surface area (TPSA) is 53.5 Å². The van der Waals surface area contributed by atoms with Crippen molar-refractivity contribution in [2.45, 2.75) is 13.0 Å². The van der Waals surface area contributed by atoms with Gasteiger partial charge >= 0.3 is 0 Å². The van der Waals surface area contributed by atoms with E-state index in [1.807, 2.05) is 0 Å². The Morgan fingerprint density at radius 2 is 2.20 bits per heavy atom. The van der Waals surface area contributed by atoms with E-state index in [1.165, 1.54) is 17.0 Å². The van der Waals surface area contributed by atoms with Crippen molar-refractivity contribution >= 4 is 23.4 Å². The molecule has 2 aromatic rings. The first-order chi connectivity index (χ1) is 11.9. The SMILES string of the molecule is CN(C)C(=O)c1n[c][c]c2c1CCN(Cc1ccc(F)c(Cl)c1)C2=O. The zero-order chi connectivity index (χ0) is 18.1. The molecule has 25 heavy (non-hydrogen) atoms. The number of benzene rings is 1. The molecule has 0 unspecified atom stereocenters. The van der Waals surface area contributed by atoms with Crippen LogP contribution in [-0.4, -0.2) is 47.2 Å². The van der Waals surface area contributed by atoms with E-state index in [1.54, 1.807) is 25.1 Å². The van der Waals surface area contributed by atoms with E-state index in [9.17, 15) is 14.0 Å². The van der Waals surface area contributed by atoms with Crippen LogP contribution in [0.25, 0.3) is 0 Å². The van der Waals surface area contributed by atoms with Gasteiger partial charge in [0.25, 0.3) is 11.8 Å². The number of carbonyl (C=O) groups is 2. The highest BCUT2D eigenvalue weighted by Crippen LogP contribution is 2.24. The van der Waals surface area contributed by atoms with Gasteiger partial charge in [0.15, 0.2) is 0 Å². The Hall–Kier alpha value is -2.47. The summed E-state index contributed by atoms with van der Waals surface area (Å²) in [5.41, 5.74) is 1.86. The summed E-state index contributed by atoms with van der Waals surface area (Å²) in [7, 11) is 3.25. The molecule has 2 amide bonds. The molecule has 0 fully saturated rings. The Morgan fingerprint density at radius 3 is 2.88 bits per heavy atom. The fraction of sp³-hybridized carbons (Fsp3) is 0.278. The van der Waals surface area contributed by atoms with Crippen molar-refractivity contribution in [3.8, 4) is 0 Å². The fourth-order valence-electron chi connectivity index (χ4n) is 2.73. The van der Waals surface area contributed by atoms with Crippen molar-refractivity contribution < 1.29 is 14.0 Å². The Labute approximate surface area is 150 Å². The molecule has 2 heterocycles. The second-order valence-electron chi connectivity index (χ2n) is 5.98. The summed E-state index contributed by atoms with van der Waals surface area (Å²) in [6, 6.07) is 7.09. The summed E-state index contributed by atoms with van der Waals surface area (Å²) in [6.45, 7) is 0.722. The quantitative estimate of drug-likeness (QED) is 0.845. The van der Waals surface area contributed by atoms with Crippen LogP contribution in [0.4, 0.5) is 4.39 Å². The Bertz CT molecular complexity index is 854. The lowest BCUT2D eigenvalue weighted by Crippen LogP contribution is -2.38. The normalized spacial score (nSPS) is 13.6. The third-order valence-electron chi connectivity index (χ3n) is 4.04. The number of pyridine rings is 1. The molecular formula is C18H15ClFN3O2. The highest BCUT2D eigenvalue weighted by Gasteiger charge is 2.29. The number of hydrogen-bond donors (Lipinski definition) is 0. The van der Waals surface area contributed by atoms with Crippen molar-refractivity contribution in [1.82, 2.24) is 14.8 Å². The summed E-state index contributed by atoms with van der Waals surface area (Å²) in [5.74, 6) is -1.03. The molecular weight excluding hydrogens is 345 g/mol. The predicted octanol–water partition coefficient (Wildman–Crippen LogP) is 2.37. The van der Waals surface area contributed by atoms with Gasteiger partial charge in [0.1, 0.15) is 11.5 Å². The maximum atomic E-state index is 13.3. The first-order valence-corrected chi connectivity index (χ1v) is 8.03. The number of halogens is 2. The summed E-state index contributed by atoms with van der Waals surface area (Å²) >= 11 is 5.79. The first-order valence-electron chi connectivity index (χ1n) is 7.65. The molecule has 0 atom stereocenters. The summed E-state index contributed by atoms with van der Waals surface area (Å²) in [5, 5.41) is 0.0188. The molecule has 7 heteroatoms. The molecule has 1 aromatic carbocycles. The van der Waals surface area contributed by atoms with Gasteiger partial charge in [0.05, 0.1) is 16.8 Å². The maximum Gasteiger partial charge on any atom is 0.272 e. The number of nitrogens with zero attached hydrogens (tertiary/aromatic N) is 3. The van der Waals surface area contributed by atoms with Crippen LogP contribution < -0.4 is 0 Å². The average molecular weight is 360 g/mol. The highest BCUT2D eigenvalue weighted by molar-refractivity contribution is 6.30. The average Bonchev–Trinajstić information content (AvgIpc) is 2.59. The van der Waals surface area contributed by atoms with Crippen molar-refractivity contribution in [2.24, 2.45) is 0 Å². The largest absolute Gasteiger partial charge is 0.343 e. The lowest BCUT2D eigenvalue weighted by atomic mass is 9.97. The summed E-state index contributed by atoms with van der Waals surface area (Å²) in [6.07, 6.45) is 3.00. The lowest BCUT2D eigenvalue weighted by molar-refractivity contribution is 0.0724. The third kappa shape index (κ3) is 3.35. The van der Waals surface area contributed by atoms with E-state index in [0.717, 1.165) is 5.56 Å². The van der Waals surface area contributed by atoms with E-state index in [0.29, 0.717) is 30.6 Å². The van der Waals surface area contributed by atoms with Gasteiger partial charge in [0, 0.05) is 33.3 Å². The molecule has 0 saturated carbocycles. The molecule has 5 nitrogen and oxygen atoms in total. The van der Waals surface area contributed by atoms with Crippen LogP contribution in [0.5, 0.6) is 0 Å². The number of rotatable bonds is 3. The number of carbonyl (C=O) groups excluding carboxylic acids is 2. The Balaban J connectivity index is 1.87. The predicted molar refractivity (Wildman–Crippen MR) is 89.8 cm³/mol. The van der Waals surface area contributed by atoms with Gasteiger partial charge in [-0.2, -0.15) is 0 Å². The minimum Gasteiger partial charge on any atom is -0.343 e. The minimum atomic E-state index is -0.499. The smallest absolute Gasteiger partial charge is 0.272 e. The minimum absolute atomic E-state index is 0.0188. The molecule has 0 N–H and O–H groups in total. The molecule has 1 aliphatic rings. The lowest BCUT2D eigenvalue weighted by Gasteiger charge is -2.29. The van der Waals surface area contributed by atoms with Crippen LogP contribution in [0.1, 0.15) is 32.0 Å². The van der Waals surface area contributed by atoms with Gasteiger partial charge in [-0.3, -0.25) is 9.59 Å². The van der Waals surface area contributed by atoms with Gasteiger partial charge in [-0.05, 0) is 29.7 Å². The van der Waals surface area contributed by atoms with Gasteiger partial charge in [-0.15, -0.1) is 0 Å². The van der Waals surface area contributed by atoms with Crippen molar-refractivity contribution in [2.75, 3.05) is 20.6 Å². The van der Waals surface area contributed by atoms with Crippen LogP contribution in [0.3, 0.4) is 0 Å². The number of hydrogen-bond acceptors (Lipinski definition) is 3. The standard InChI is InChI=1S/C18H15ClFN3O2/c1-22(2)18(25)16-12-6-8-23(17(24)13(12)5-7-21-16)10-11-3-4-15(20)14(19)9-11/h3-4,9H,6,8,10H2,1-2H3. The van der Waals surface area contributed by atoms with Crippen LogP contribution in [0.2, 0.25) is 5.02 Å². The number of aromatic nitrogens is 1. The second kappa shape index (κ2) is 6.80. The number of amides is 2. The van der Waals surface area contributed by atoms with Crippen molar-refractivity contribution in [3.05, 3.63) is 63.7 Å². The zero-order valence-corrected chi connectivity index (χ0v) is 14.5. The molecule has 2 radical (unpaired) electrons. The molecule has 0 aliphatic carbocycles. The van der Waals surface area contributed by atoms with Crippen molar-refractivity contribution in [3.63, 3.8) is 0 Å². The van der Waals surface area contributed by atoms with E-state index in [2.05, 4.69) is 17.2 Å². The molecule has 1 aliphatic heterocycles. The molecule has 1 aromatic heterocycles. The van der Waals surface area contributed by atoms with Gasteiger partial charge in [-0.25, -0.2) is 9.37 Å². The van der Waals surface area contributed by atoms with E-state index in [-0.39, 0.29) is 22.5 Å². The van der Waals surface area contributed by atoms with Crippen LogP contribution in [0, 0.1) is 18.1 Å². The Morgan fingerprint density at radius 1 is 1.44 bits per heavy atom. The van der Waals surface area contributed by atoms with Crippen LogP contribution >= 0.6 is 11.6 Å². The van der Waals surface area contributed by atoms with E-state index < -0.39 is 5.82 Å². The Kier molecular flexibility index (Phi) is 4.72. The monoisotopic (exact) mass is 359 g/mol. The summed E-state index contributed by atoms with van der Waals surface area (Å²) < 4.78 is 13.3. The molecule has 0 spiro atoms. The van der Waals surface area contributed by atoms with E-state index in [4.69, 9.17) is 11.6 Å². The molecule has 3 rings (SSSR count). The highest BCUT2D eigenvalue weighted by atomic mass is 35.5. The van der Waals surface area contributed by atoms with Crippen LogP contribution in [0.15, 0.2) is 18.2 Å². The third-order valence-corrected chi connectivity index (χ3v) is 4.32. The fourth-order valence-corrected chi connectivity index (χ4v) is 2.93. The number of fused-ring (bicyclic) bond motifs is 1. The van der Waals surface area contributed by atoms with Gasteiger partial charge < -0.3 is 9.80 Å². The first kappa shape index (κ1) is 17.4. The molecule has 0 saturated heterocycles.